The second-order valence-corrected chi connectivity index (χ2v) is 5.12. The largest absolute Gasteiger partial charge is 0.317 e. The molecule has 0 unspecified atom stereocenters. The molecule has 1 fully saturated rings. The van der Waals surface area contributed by atoms with Crippen molar-refractivity contribution in [3.63, 3.8) is 0 Å². The number of hydrogen-bond donors (Lipinski definition) is 2. The standard InChI is InChI=1S/C11H19N3S/c1-9(11-13-6-7-15-11)14-8-10-2-4-12-5-3-10/h6-7,9-10,12,14H,2-5,8H2,1H3/t9-/m1/s1. The van der Waals surface area contributed by atoms with Gasteiger partial charge in [-0.05, 0) is 45.3 Å². The maximum Gasteiger partial charge on any atom is 0.109 e. The highest BCUT2D eigenvalue weighted by Crippen LogP contribution is 2.16. The molecule has 0 bridgehead atoms. The summed E-state index contributed by atoms with van der Waals surface area (Å²) in [7, 11) is 0. The fourth-order valence-electron chi connectivity index (χ4n) is 1.96. The molecule has 1 aliphatic rings. The van der Waals surface area contributed by atoms with Crippen molar-refractivity contribution in [1.29, 1.82) is 0 Å². The Kier molecular flexibility index (Phi) is 4.11. The van der Waals surface area contributed by atoms with Crippen LogP contribution in [-0.4, -0.2) is 24.6 Å². The Morgan fingerprint density at radius 3 is 3.07 bits per heavy atom. The van der Waals surface area contributed by atoms with Crippen LogP contribution in [0.5, 0.6) is 0 Å². The van der Waals surface area contributed by atoms with Gasteiger partial charge in [-0.15, -0.1) is 11.3 Å². The van der Waals surface area contributed by atoms with Gasteiger partial charge in [0, 0.05) is 11.6 Å². The smallest absolute Gasteiger partial charge is 0.109 e. The summed E-state index contributed by atoms with van der Waals surface area (Å²) in [6, 6.07) is 0.403. The van der Waals surface area contributed by atoms with Crippen molar-refractivity contribution >= 4 is 11.3 Å². The SMILES string of the molecule is C[C@@H](NCC1CCNCC1)c1nccs1. The highest BCUT2D eigenvalue weighted by molar-refractivity contribution is 7.09. The molecule has 0 aromatic carbocycles. The molecule has 1 aromatic rings. The molecule has 1 saturated heterocycles. The monoisotopic (exact) mass is 225 g/mol. The van der Waals surface area contributed by atoms with E-state index in [4.69, 9.17) is 0 Å². The van der Waals surface area contributed by atoms with Gasteiger partial charge in [-0.25, -0.2) is 4.98 Å². The lowest BCUT2D eigenvalue weighted by Crippen LogP contribution is -2.34. The first kappa shape index (κ1) is 11.0. The third-order valence-electron chi connectivity index (χ3n) is 2.99. The van der Waals surface area contributed by atoms with Crippen LogP contribution in [0.1, 0.15) is 30.8 Å². The number of piperidine rings is 1. The van der Waals surface area contributed by atoms with Crippen molar-refractivity contribution in [1.82, 2.24) is 15.6 Å². The van der Waals surface area contributed by atoms with E-state index in [0.29, 0.717) is 6.04 Å². The van der Waals surface area contributed by atoms with E-state index in [1.807, 2.05) is 11.6 Å². The third kappa shape index (κ3) is 3.26. The van der Waals surface area contributed by atoms with E-state index >= 15 is 0 Å². The van der Waals surface area contributed by atoms with E-state index < -0.39 is 0 Å². The fourth-order valence-corrected chi connectivity index (χ4v) is 2.64. The molecule has 1 atom stereocenters. The number of thiazole rings is 1. The average Bonchev–Trinajstić information content (AvgIpc) is 2.81. The van der Waals surface area contributed by atoms with Crippen LogP contribution in [0.2, 0.25) is 0 Å². The van der Waals surface area contributed by atoms with E-state index in [1.54, 1.807) is 11.3 Å². The van der Waals surface area contributed by atoms with Crippen LogP contribution in [0, 0.1) is 5.92 Å². The normalized spacial score (nSPS) is 20.3. The van der Waals surface area contributed by atoms with E-state index in [2.05, 4.69) is 22.5 Å². The minimum atomic E-state index is 0.403. The summed E-state index contributed by atoms with van der Waals surface area (Å²) in [6.45, 7) is 5.68. The third-order valence-corrected chi connectivity index (χ3v) is 3.95. The Labute approximate surface area is 95.3 Å². The van der Waals surface area contributed by atoms with Crippen molar-refractivity contribution in [2.24, 2.45) is 5.92 Å². The lowest BCUT2D eigenvalue weighted by atomic mass is 9.98. The Hall–Kier alpha value is -0.450. The van der Waals surface area contributed by atoms with Crippen LogP contribution < -0.4 is 10.6 Å². The molecule has 2 N–H and O–H groups in total. The number of nitrogens with one attached hydrogen (secondary N) is 2. The second-order valence-electron chi connectivity index (χ2n) is 4.19. The van der Waals surface area contributed by atoms with Gasteiger partial charge in [-0.1, -0.05) is 0 Å². The highest BCUT2D eigenvalue weighted by Gasteiger charge is 2.14. The van der Waals surface area contributed by atoms with Crippen LogP contribution in [-0.2, 0) is 0 Å². The summed E-state index contributed by atoms with van der Waals surface area (Å²) in [6.07, 6.45) is 4.48. The summed E-state index contributed by atoms with van der Waals surface area (Å²) in [5.74, 6) is 0.841. The van der Waals surface area contributed by atoms with Crippen molar-refractivity contribution in [2.45, 2.75) is 25.8 Å². The lowest BCUT2D eigenvalue weighted by Gasteiger charge is -2.24. The Morgan fingerprint density at radius 2 is 2.40 bits per heavy atom. The lowest BCUT2D eigenvalue weighted by molar-refractivity contribution is 0.345. The summed E-state index contributed by atoms with van der Waals surface area (Å²) in [5, 5.41) is 10.2. The van der Waals surface area contributed by atoms with Crippen molar-refractivity contribution in [2.75, 3.05) is 19.6 Å². The molecule has 0 saturated carbocycles. The summed E-state index contributed by atoms with van der Waals surface area (Å²) >= 11 is 1.73. The van der Waals surface area contributed by atoms with Gasteiger partial charge in [0.1, 0.15) is 5.01 Å². The van der Waals surface area contributed by atoms with Gasteiger partial charge in [0.05, 0.1) is 6.04 Å². The van der Waals surface area contributed by atoms with Gasteiger partial charge in [0.25, 0.3) is 0 Å². The van der Waals surface area contributed by atoms with Crippen molar-refractivity contribution in [3.05, 3.63) is 16.6 Å². The van der Waals surface area contributed by atoms with E-state index in [-0.39, 0.29) is 0 Å². The zero-order valence-electron chi connectivity index (χ0n) is 9.20. The topological polar surface area (TPSA) is 37.0 Å². The molecule has 3 nitrogen and oxygen atoms in total. The molecule has 1 aromatic heterocycles. The molecular formula is C11H19N3S. The number of hydrogen-bond acceptors (Lipinski definition) is 4. The van der Waals surface area contributed by atoms with Gasteiger partial charge in [0.15, 0.2) is 0 Å². The number of aromatic nitrogens is 1. The minimum absolute atomic E-state index is 0.403. The fraction of sp³-hybridized carbons (Fsp3) is 0.727. The molecule has 15 heavy (non-hydrogen) atoms. The second kappa shape index (κ2) is 5.58. The van der Waals surface area contributed by atoms with Gasteiger partial charge >= 0.3 is 0 Å². The van der Waals surface area contributed by atoms with Gasteiger partial charge in [0.2, 0.25) is 0 Å². The first-order valence-corrected chi connectivity index (χ1v) is 6.57. The Balaban J connectivity index is 1.73. The molecule has 2 heterocycles. The molecule has 0 amide bonds. The first-order chi connectivity index (χ1) is 7.36. The zero-order chi connectivity index (χ0) is 10.5. The van der Waals surface area contributed by atoms with Crippen LogP contribution in [0.4, 0.5) is 0 Å². The van der Waals surface area contributed by atoms with Crippen molar-refractivity contribution < 1.29 is 0 Å². The van der Waals surface area contributed by atoms with Gasteiger partial charge < -0.3 is 10.6 Å². The summed E-state index contributed by atoms with van der Waals surface area (Å²) in [5.41, 5.74) is 0. The molecule has 84 valence electrons. The first-order valence-electron chi connectivity index (χ1n) is 5.70. The van der Waals surface area contributed by atoms with Gasteiger partial charge in [-0.2, -0.15) is 0 Å². The number of nitrogens with zero attached hydrogens (tertiary/aromatic N) is 1. The van der Waals surface area contributed by atoms with Crippen molar-refractivity contribution in [3.8, 4) is 0 Å². The molecule has 4 heteroatoms. The van der Waals surface area contributed by atoms with Crippen LogP contribution in [0.3, 0.4) is 0 Å². The Morgan fingerprint density at radius 1 is 1.60 bits per heavy atom. The van der Waals surface area contributed by atoms with E-state index in [9.17, 15) is 0 Å². The molecule has 0 aliphatic carbocycles. The van der Waals surface area contributed by atoms with E-state index in [1.165, 1.54) is 30.9 Å². The maximum atomic E-state index is 4.32. The zero-order valence-corrected chi connectivity index (χ0v) is 10.0. The quantitative estimate of drug-likeness (QED) is 0.820. The van der Waals surface area contributed by atoms with Crippen LogP contribution >= 0.6 is 11.3 Å². The number of rotatable bonds is 4. The average molecular weight is 225 g/mol. The molecule has 0 spiro atoms. The highest BCUT2D eigenvalue weighted by atomic mass is 32.1. The van der Waals surface area contributed by atoms with Gasteiger partial charge in [-0.3, -0.25) is 0 Å². The minimum Gasteiger partial charge on any atom is -0.317 e. The van der Waals surface area contributed by atoms with Crippen LogP contribution in [0.25, 0.3) is 0 Å². The summed E-state index contributed by atoms with van der Waals surface area (Å²) < 4.78 is 0. The van der Waals surface area contributed by atoms with Crippen LogP contribution in [0.15, 0.2) is 11.6 Å². The van der Waals surface area contributed by atoms with E-state index in [0.717, 1.165) is 12.5 Å². The Bertz CT molecular complexity index is 267. The molecular weight excluding hydrogens is 206 g/mol. The molecule has 1 aliphatic heterocycles. The maximum absolute atomic E-state index is 4.32. The predicted molar refractivity (Wildman–Crippen MR) is 64.1 cm³/mol. The molecule has 2 rings (SSSR count). The predicted octanol–water partition coefficient (Wildman–Crippen LogP) is 1.79. The summed E-state index contributed by atoms with van der Waals surface area (Å²) in [4.78, 5) is 4.32. The molecule has 0 radical (unpaired) electrons.